The lowest BCUT2D eigenvalue weighted by molar-refractivity contribution is 0.0696. The molecule has 0 bridgehead atoms. The van der Waals surface area contributed by atoms with E-state index in [1.807, 2.05) is 0 Å². The van der Waals surface area contributed by atoms with Crippen LogP contribution in [0.15, 0.2) is 47.4 Å². The van der Waals surface area contributed by atoms with Gasteiger partial charge >= 0.3 is 5.97 Å². The highest BCUT2D eigenvalue weighted by molar-refractivity contribution is 7.90. The second kappa shape index (κ2) is 5.87. The Morgan fingerprint density at radius 1 is 1.19 bits per heavy atom. The van der Waals surface area contributed by atoms with Gasteiger partial charge in [0.15, 0.2) is 9.84 Å². The van der Waals surface area contributed by atoms with Crippen molar-refractivity contribution in [2.24, 2.45) is 0 Å². The van der Waals surface area contributed by atoms with Crippen molar-refractivity contribution < 1.29 is 18.3 Å². The predicted octanol–water partition coefficient (Wildman–Crippen LogP) is 3.32. The normalized spacial score (nSPS) is 11.3. The molecule has 0 fully saturated rings. The van der Waals surface area contributed by atoms with Crippen LogP contribution in [0.5, 0.6) is 0 Å². The second-order valence-electron chi connectivity index (χ2n) is 4.64. The fraction of sp³-hybridized carbons (Fsp3) is 0.133. The molecule has 0 unspecified atom stereocenters. The number of carboxylic acids is 1. The van der Waals surface area contributed by atoms with E-state index in [9.17, 15) is 13.2 Å². The van der Waals surface area contributed by atoms with Crippen LogP contribution < -0.4 is 0 Å². The maximum absolute atomic E-state index is 12.5. The first-order valence-electron chi connectivity index (χ1n) is 6.11. The van der Waals surface area contributed by atoms with Gasteiger partial charge in [-0.1, -0.05) is 35.9 Å². The van der Waals surface area contributed by atoms with Crippen molar-refractivity contribution in [2.45, 2.75) is 17.6 Å². The van der Waals surface area contributed by atoms with E-state index < -0.39 is 15.8 Å². The Labute approximate surface area is 127 Å². The molecule has 0 heterocycles. The topological polar surface area (TPSA) is 71.4 Å². The van der Waals surface area contributed by atoms with Crippen LogP contribution in [0, 0.1) is 6.92 Å². The third-order valence-corrected chi connectivity index (χ3v) is 5.24. The molecule has 0 spiro atoms. The quantitative estimate of drug-likeness (QED) is 0.936. The molecule has 0 atom stereocenters. The van der Waals surface area contributed by atoms with E-state index in [2.05, 4.69) is 0 Å². The summed E-state index contributed by atoms with van der Waals surface area (Å²) in [5.74, 6) is -1.43. The molecule has 2 aromatic rings. The number of aryl methyl sites for hydroxylation is 1. The van der Waals surface area contributed by atoms with Crippen molar-refractivity contribution >= 4 is 27.4 Å². The zero-order chi connectivity index (χ0) is 15.6. The van der Waals surface area contributed by atoms with Crippen molar-refractivity contribution in [3.8, 4) is 0 Å². The first kappa shape index (κ1) is 15.5. The van der Waals surface area contributed by atoms with Gasteiger partial charge in [0.2, 0.25) is 0 Å². The van der Waals surface area contributed by atoms with Crippen molar-refractivity contribution in [3.63, 3.8) is 0 Å². The van der Waals surface area contributed by atoms with Gasteiger partial charge in [0, 0.05) is 5.02 Å². The molecule has 0 amide bonds. The van der Waals surface area contributed by atoms with Crippen molar-refractivity contribution in [1.29, 1.82) is 0 Å². The molecule has 0 aromatic heterocycles. The number of carbonyl (C=O) groups is 1. The Kier molecular flexibility index (Phi) is 4.34. The third kappa shape index (κ3) is 3.43. The molecular weight excluding hydrogens is 312 g/mol. The second-order valence-corrected chi connectivity index (χ2v) is 7.00. The molecule has 21 heavy (non-hydrogen) atoms. The van der Waals surface area contributed by atoms with Crippen molar-refractivity contribution in [2.75, 3.05) is 0 Å². The summed E-state index contributed by atoms with van der Waals surface area (Å²) in [4.78, 5) is 11.0. The zero-order valence-electron chi connectivity index (χ0n) is 11.2. The molecule has 110 valence electrons. The number of hydrogen-bond donors (Lipinski definition) is 1. The summed E-state index contributed by atoms with van der Waals surface area (Å²) in [5.41, 5.74) is 0.935. The van der Waals surface area contributed by atoms with Gasteiger partial charge in [0.1, 0.15) is 0 Å². The molecule has 4 nitrogen and oxygen atoms in total. The van der Waals surface area contributed by atoms with Gasteiger partial charge in [-0.25, -0.2) is 13.2 Å². The Morgan fingerprint density at radius 2 is 1.86 bits per heavy atom. The highest BCUT2D eigenvalue weighted by Gasteiger charge is 2.20. The predicted molar refractivity (Wildman–Crippen MR) is 80.5 cm³/mol. The minimum Gasteiger partial charge on any atom is -0.478 e. The van der Waals surface area contributed by atoms with Crippen LogP contribution >= 0.6 is 11.6 Å². The molecule has 0 aliphatic heterocycles. The maximum atomic E-state index is 12.5. The Balaban J connectivity index is 2.47. The molecule has 0 radical (unpaired) electrons. The van der Waals surface area contributed by atoms with E-state index in [4.69, 9.17) is 16.7 Å². The Hall–Kier alpha value is -1.85. The first-order chi connectivity index (χ1) is 9.81. The number of carboxylic acid groups (broad SMARTS) is 1. The summed E-state index contributed by atoms with van der Waals surface area (Å²) in [5, 5.41) is 9.35. The Bertz CT molecular complexity index is 797. The van der Waals surface area contributed by atoms with E-state index in [-0.39, 0.29) is 16.2 Å². The molecule has 0 saturated heterocycles. The average molecular weight is 325 g/mol. The van der Waals surface area contributed by atoms with E-state index in [1.54, 1.807) is 31.2 Å². The third-order valence-electron chi connectivity index (χ3n) is 3.07. The monoisotopic (exact) mass is 324 g/mol. The number of halogens is 1. The van der Waals surface area contributed by atoms with Crippen molar-refractivity contribution in [3.05, 3.63) is 64.2 Å². The molecule has 1 N–H and O–H groups in total. The highest BCUT2D eigenvalue weighted by Crippen LogP contribution is 2.25. The summed E-state index contributed by atoms with van der Waals surface area (Å²) >= 11 is 5.98. The minimum atomic E-state index is -3.67. The first-order valence-corrected chi connectivity index (χ1v) is 8.14. The van der Waals surface area contributed by atoms with Crippen LogP contribution in [-0.2, 0) is 15.6 Å². The number of aromatic carboxylic acids is 1. The SMILES string of the molecule is Cc1ccc(C(=O)O)cc1S(=O)(=O)Cc1ccccc1Cl. The smallest absolute Gasteiger partial charge is 0.335 e. The van der Waals surface area contributed by atoms with E-state index in [0.717, 1.165) is 0 Å². The largest absolute Gasteiger partial charge is 0.478 e. The van der Waals surface area contributed by atoms with Crippen LogP contribution in [-0.4, -0.2) is 19.5 Å². The van der Waals surface area contributed by atoms with Crippen LogP contribution in [0.3, 0.4) is 0 Å². The number of sulfone groups is 1. The van der Waals surface area contributed by atoms with Crippen LogP contribution in [0.1, 0.15) is 21.5 Å². The molecule has 0 aliphatic rings. The fourth-order valence-electron chi connectivity index (χ4n) is 1.97. The van der Waals surface area contributed by atoms with E-state index in [0.29, 0.717) is 16.1 Å². The highest BCUT2D eigenvalue weighted by atomic mass is 35.5. The standard InChI is InChI=1S/C15H13ClO4S/c1-10-6-7-11(15(17)18)8-14(10)21(19,20)9-12-4-2-3-5-13(12)16/h2-8H,9H2,1H3,(H,17,18). The summed E-state index contributed by atoms with van der Waals surface area (Å²) in [6.07, 6.45) is 0. The van der Waals surface area contributed by atoms with Crippen LogP contribution in [0.4, 0.5) is 0 Å². The number of benzene rings is 2. The fourth-order valence-corrected chi connectivity index (χ4v) is 3.93. The lowest BCUT2D eigenvalue weighted by Gasteiger charge is -2.10. The maximum Gasteiger partial charge on any atom is 0.335 e. The molecule has 0 aliphatic carbocycles. The van der Waals surface area contributed by atoms with Gasteiger partial charge in [-0.05, 0) is 36.2 Å². The summed E-state index contributed by atoms with van der Waals surface area (Å²) in [6, 6.07) is 10.7. The van der Waals surface area contributed by atoms with Gasteiger partial charge in [-0.15, -0.1) is 0 Å². The zero-order valence-corrected chi connectivity index (χ0v) is 12.8. The summed E-state index contributed by atoms with van der Waals surface area (Å²) < 4.78 is 25.0. The number of hydrogen-bond acceptors (Lipinski definition) is 3. The minimum absolute atomic E-state index is 0.0160. The lowest BCUT2D eigenvalue weighted by Crippen LogP contribution is -2.09. The molecule has 2 aromatic carbocycles. The van der Waals surface area contributed by atoms with Crippen LogP contribution in [0.25, 0.3) is 0 Å². The van der Waals surface area contributed by atoms with Gasteiger partial charge in [0.05, 0.1) is 16.2 Å². The van der Waals surface area contributed by atoms with E-state index >= 15 is 0 Å². The van der Waals surface area contributed by atoms with Crippen molar-refractivity contribution in [1.82, 2.24) is 0 Å². The molecule has 0 saturated carbocycles. The van der Waals surface area contributed by atoms with Crippen LogP contribution in [0.2, 0.25) is 5.02 Å². The average Bonchev–Trinajstić information content (AvgIpc) is 2.41. The van der Waals surface area contributed by atoms with Gasteiger partial charge in [-0.3, -0.25) is 0 Å². The number of rotatable bonds is 4. The molecular formula is C15H13ClO4S. The summed E-state index contributed by atoms with van der Waals surface area (Å²) in [6.45, 7) is 1.63. The van der Waals surface area contributed by atoms with Gasteiger partial charge < -0.3 is 5.11 Å². The van der Waals surface area contributed by atoms with E-state index in [1.165, 1.54) is 18.2 Å². The van der Waals surface area contributed by atoms with Gasteiger partial charge in [-0.2, -0.15) is 0 Å². The molecule has 6 heteroatoms. The molecule has 2 rings (SSSR count). The van der Waals surface area contributed by atoms with Gasteiger partial charge in [0.25, 0.3) is 0 Å². The lowest BCUT2D eigenvalue weighted by atomic mass is 10.1. The summed E-state index contributed by atoms with van der Waals surface area (Å²) in [7, 11) is -3.67. The Morgan fingerprint density at radius 3 is 2.48 bits per heavy atom.